The number of nitrogens with one attached hydrogen (secondary N) is 1. The van der Waals surface area contributed by atoms with E-state index in [1.807, 2.05) is 61.5 Å². The van der Waals surface area contributed by atoms with Gasteiger partial charge in [0.1, 0.15) is 0 Å². The lowest BCUT2D eigenvalue weighted by atomic mass is 9.99. The van der Waals surface area contributed by atoms with Crippen molar-refractivity contribution in [3.05, 3.63) is 130 Å². The molecule has 5 rings (SSSR count). The Kier molecular flexibility index (Phi) is 7.07. The smallest absolute Gasteiger partial charge is 0.336 e. The number of carbonyl (C=O) groups excluding carboxylic acids is 1. The molecule has 5 aromatic rings. The maximum atomic E-state index is 13.1. The minimum atomic E-state index is -0.933. The highest BCUT2D eigenvalue weighted by Crippen LogP contribution is 2.29. The van der Waals surface area contributed by atoms with Gasteiger partial charge < -0.3 is 15.0 Å². The van der Waals surface area contributed by atoms with E-state index in [2.05, 4.69) is 54.9 Å². The molecule has 0 aliphatic rings. The summed E-state index contributed by atoms with van der Waals surface area (Å²) in [6.45, 7) is 8.92. The Bertz CT molecular complexity index is 1680. The fourth-order valence-electron chi connectivity index (χ4n) is 5.11. The van der Waals surface area contributed by atoms with Crippen LogP contribution < -0.4 is 5.32 Å². The topological polar surface area (TPSA) is 71.3 Å². The van der Waals surface area contributed by atoms with Crippen molar-refractivity contribution in [1.82, 2.24) is 9.88 Å². The van der Waals surface area contributed by atoms with Crippen molar-refractivity contribution in [3.8, 4) is 11.1 Å². The molecule has 1 amide bonds. The largest absolute Gasteiger partial charge is 0.478 e. The minimum absolute atomic E-state index is 0.0907. The van der Waals surface area contributed by atoms with Crippen LogP contribution in [0.25, 0.3) is 22.0 Å². The Morgan fingerprint density at radius 1 is 0.872 bits per heavy atom. The fraction of sp³-hybridized carbons (Fsp3) is 0.176. The number of rotatable bonds is 7. The molecule has 1 atom stereocenters. The first kappa shape index (κ1) is 26.0. The molecule has 0 saturated heterocycles. The number of aromatic nitrogens is 1. The van der Waals surface area contributed by atoms with Gasteiger partial charge >= 0.3 is 5.97 Å². The first-order valence-corrected chi connectivity index (χ1v) is 13.1. The average Bonchev–Trinajstić information content (AvgIpc) is 3.18. The molecule has 5 heteroatoms. The third-order valence-corrected chi connectivity index (χ3v) is 7.59. The van der Waals surface area contributed by atoms with Crippen molar-refractivity contribution in [2.24, 2.45) is 0 Å². The van der Waals surface area contributed by atoms with Crippen LogP contribution in [0.5, 0.6) is 0 Å². The molecule has 4 aromatic carbocycles. The molecule has 0 bridgehead atoms. The number of carbonyl (C=O) groups is 2. The van der Waals surface area contributed by atoms with Crippen LogP contribution >= 0.6 is 0 Å². The molecule has 2 N–H and O–H groups in total. The molecule has 196 valence electrons. The standard InChI is InChI=1S/C34H32N2O3/c1-21-9-13-26(14-10-21)23(3)35-33(37)28-17-18-32-31(19-28)22(2)24(4)36(32)20-25-11-15-27(16-12-25)29-7-5-6-8-30(29)34(38)39/h5-19,23H,20H2,1-4H3,(H,35,37)(H,38,39). The Morgan fingerprint density at radius 2 is 1.56 bits per heavy atom. The van der Waals surface area contributed by atoms with Crippen molar-refractivity contribution >= 4 is 22.8 Å². The number of carboxylic acids is 1. The van der Waals surface area contributed by atoms with Crippen LogP contribution in [0, 0.1) is 20.8 Å². The molecular formula is C34H32N2O3. The molecule has 1 aromatic heterocycles. The van der Waals surface area contributed by atoms with E-state index in [9.17, 15) is 14.7 Å². The highest BCUT2D eigenvalue weighted by atomic mass is 16.4. The second-order valence-electron chi connectivity index (χ2n) is 10.2. The van der Waals surface area contributed by atoms with E-state index in [1.54, 1.807) is 12.1 Å². The third kappa shape index (κ3) is 5.21. The van der Waals surface area contributed by atoms with Crippen LogP contribution in [0.4, 0.5) is 0 Å². The summed E-state index contributed by atoms with van der Waals surface area (Å²) < 4.78 is 2.27. The van der Waals surface area contributed by atoms with Gasteiger partial charge in [-0.15, -0.1) is 0 Å². The van der Waals surface area contributed by atoms with Gasteiger partial charge in [-0.2, -0.15) is 0 Å². The van der Waals surface area contributed by atoms with E-state index in [0.29, 0.717) is 23.2 Å². The molecule has 0 aliphatic heterocycles. The molecule has 39 heavy (non-hydrogen) atoms. The van der Waals surface area contributed by atoms with E-state index in [1.165, 1.54) is 5.56 Å². The summed E-state index contributed by atoms with van der Waals surface area (Å²) in [5.74, 6) is -1.02. The SMILES string of the molecule is Cc1ccc(C(C)NC(=O)c2ccc3c(c2)c(C)c(C)n3Cc2ccc(-c3ccccc3C(=O)O)cc2)cc1. The van der Waals surface area contributed by atoms with E-state index in [4.69, 9.17) is 0 Å². The van der Waals surface area contributed by atoms with Crippen LogP contribution in [0.1, 0.15) is 61.6 Å². The predicted octanol–water partition coefficient (Wildman–Crippen LogP) is 7.47. The third-order valence-electron chi connectivity index (χ3n) is 7.59. The van der Waals surface area contributed by atoms with E-state index in [0.717, 1.165) is 38.9 Å². The summed E-state index contributed by atoms with van der Waals surface area (Å²) in [6.07, 6.45) is 0. The second-order valence-corrected chi connectivity index (χ2v) is 10.2. The van der Waals surface area contributed by atoms with Crippen molar-refractivity contribution in [1.29, 1.82) is 0 Å². The molecule has 5 nitrogen and oxygen atoms in total. The first-order valence-electron chi connectivity index (χ1n) is 13.1. The normalized spacial score (nSPS) is 11.9. The van der Waals surface area contributed by atoms with Gasteiger partial charge in [-0.05, 0) is 79.8 Å². The monoisotopic (exact) mass is 516 g/mol. The first-order chi connectivity index (χ1) is 18.7. The maximum absolute atomic E-state index is 13.1. The number of hydrogen-bond donors (Lipinski definition) is 2. The maximum Gasteiger partial charge on any atom is 0.336 e. The van der Waals surface area contributed by atoms with Crippen LogP contribution in [0.2, 0.25) is 0 Å². The number of aryl methyl sites for hydroxylation is 2. The zero-order valence-corrected chi connectivity index (χ0v) is 22.7. The van der Waals surface area contributed by atoms with Crippen molar-refractivity contribution < 1.29 is 14.7 Å². The average molecular weight is 517 g/mol. The molecule has 1 unspecified atom stereocenters. The summed E-state index contributed by atoms with van der Waals surface area (Å²) in [5, 5.41) is 13.7. The number of fused-ring (bicyclic) bond motifs is 1. The summed E-state index contributed by atoms with van der Waals surface area (Å²) in [7, 11) is 0. The van der Waals surface area contributed by atoms with Crippen LogP contribution in [-0.4, -0.2) is 21.6 Å². The van der Waals surface area contributed by atoms with Gasteiger partial charge in [0.05, 0.1) is 11.6 Å². The van der Waals surface area contributed by atoms with Crippen LogP contribution in [0.15, 0.2) is 91.0 Å². The van der Waals surface area contributed by atoms with Gasteiger partial charge in [0.25, 0.3) is 5.91 Å². The minimum Gasteiger partial charge on any atom is -0.478 e. The molecule has 0 fully saturated rings. The molecule has 0 spiro atoms. The summed E-state index contributed by atoms with van der Waals surface area (Å²) in [5.41, 5.74) is 9.27. The van der Waals surface area contributed by atoms with Gasteiger partial charge in [-0.1, -0.05) is 72.3 Å². The molecule has 0 saturated carbocycles. The highest BCUT2D eigenvalue weighted by Gasteiger charge is 2.17. The van der Waals surface area contributed by atoms with Crippen molar-refractivity contribution in [3.63, 3.8) is 0 Å². The number of nitrogens with zero attached hydrogens (tertiary/aromatic N) is 1. The van der Waals surface area contributed by atoms with Gasteiger partial charge in [-0.3, -0.25) is 4.79 Å². The molecule has 0 aliphatic carbocycles. The van der Waals surface area contributed by atoms with E-state index in [-0.39, 0.29) is 11.9 Å². The van der Waals surface area contributed by atoms with Crippen molar-refractivity contribution in [2.75, 3.05) is 0 Å². The molecular weight excluding hydrogens is 484 g/mol. The molecule has 1 heterocycles. The number of amides is 1. The Balaban J connectivity index is 1.38. The van der Waals surface area contributed by atoms with Crippen LogP contribution in [0.3, 0.4) is 0 Å². The lowest BCUT2D eigenvalue weighted by molar-refractivity contribution is 0.0697. The second kappa shape index (κ2) is 10.6. The van der Waals surface area contributed by atoms with Gasteiger partial charge in [0.2, 0.25) is 0 Å². The number of aromatic carboxylic acids is 1. The highest BCUT2D eigenvalue weighted by molar-refractivity contribution is 5.99. The number of benzene rings is 4. The lowest BCUT2D eigenvalue weighted by Gasteiger charge is -2.15. The van der Waals surface area contributed by atoms with Gasteiger partial charge in [0.15, 0.2) is 0 Å². The fourth-order valence-corrected chi connectivity index (χ4v) is 5.11. The van der Waals surface area contributed by atoms with Crippen LogP contribution in [-0.2, 0) is 6.54 Å². The number of hydrogen-bond acceptors (Lipinski definition) is 2. The predicted molar refractivity (Wildman–Crippen MR) is 156 cm³/mol. The quantitative estimate of drug-likeness (QED) is 0.236. The Labute approximate surface area is 228 Å². The van der Waals surface area contributed by atoms with Gasteiger partial charge in [0, 0.05) is 28.7 Å². The zero-order valence-electron chi connectivity index (χ0n) is 22.7. The lowest BCUT2D eigenvalue weighted by Crippen LogP contribution is -2.26. The Morgan fingerprint density at radius 3 is 2.26 bits per heavy atom. The van der Waals surface area contributed by atoms with Gasteiger partial charge in [-0.25, -0.2) is 4.79 Å². The summed E-state index contributed by atoms with van der Waals surface area (Å²) >= 11 is 0. The summed E-state index contributed by atoms with van der Waals surface area (Å²) in [6, 6.07) is 29.1. The molecule has 0 radical (unpaired) electrons. The summed E-state index contributed by atoms with van der Waals surface area (Å²) in [4.78, 5) is 24.7. The zero-order chi connectivity index (χ0) is 27.7. The van der Waals surface area contributed by atoms with E-state index >= 15 is 0 Å². The van der Waals surface area contributed by atoms with E-state index < -0.39 is 5.97 Å². The number of carboxylic acid groups (broad SMARTS) is 1. The Hall–Kier alpha value is -4.64. The van der Waals surface area contributed by atoms with Crippen molar-refractivity contribution in [2.45, 2.75) is 40.3 Å².